The molecule has 0 saturated heterocycles. The van der Waals surface area contributed by atoms with Crippen molar-refractivity contribution in [2.45, 2.75) is 274 Å². The fraction of sp³-hybridized carbons (Fsp3) is 0.727. The lowest BCUT2D eigenvalue weighted by Gasteiger charge is -2.27. The maximum Gasteiger partial charge on any atom is 0.329 e. The van der Waals surface area contributed by atoms with E-state index in [1.54, 1.807) is 145 Å². The van der Waals surface area contributed by atoms with Crippen LogP contribution in [-0.2, 0) is 112 Å². The van der Waals surface area contributed by atoms with Crippen LogP contribution < -0.4 is 10.6 Å². The van der Waals surface area contributed by atoms with Crippen molar-refractivity contribution in [2.75, 3.05) is 32.7 Å². The van der Waals surface area contributed by atoms with E-state index in [2.05, 4.69) is 20.6 Å². The van der Waals surface area contributed by atoms with Gasteiger partial charge in [0.15, 0.2) is 0 Å². The minimum atomic E-state index is -1.46. The SMILES string of the molecule is CC(C)(C)OC(=O)CC[C@H](NC(=O)N[C@@H](CCC(=O)C[C@@H](CCCCN(Cc1nccn1CC(=O)N(CC(=O)OC(C)(C)C)CC(=O)OC(C)(C)C)Cc1nccn1CC(=O)N(CC(=O)OC(C)(C)C)CC(=O)OC(C)(C)C)C(=O)O)C(=O)OC(C)(C)C)C(=O)OC(C)(C)C. The fourth-order valence-corrected chi connectivity index (χ4v) is 8.94. The summed E-state index contributed by atoms with van der Waals surface area (Å²) in [6.45, 7) is 31.7. The highest BCUT2D eigenvalue weighted by atomic mass is 16.6. The van der Waals surface area contributed by atoms with Crippen molar-refractivity contribution in [3.05, 3.63) is 36.4 Å². The second-order valence-corrected chi connectivity index (χ2v) is 30.2. The predicted molar refractivity (Wildman–Crippen MR) is 345 cm³/mol. The standard InChI is InChI=1S/C66H107N9O20/c1-60(2,3)89-51(79)28-27-46(58(87)95-66(19,20)21)70-59(88)69-45(57(86)94-65(16,17)18)26-25-44(76)34-43(56(84)85)24-22-23-31-71(35-47-67-29-32-72(47)37-49(77)74(39-52(80)90-61(4,5)6)40-53(81)91-62(7,8)9)36-48-68-30-33-73(48)38-50(78)75(41-54(82)92-63(10,11)12)42-55(83)93-64(13,14)15/h29-30,32-33,43,45-46H,22-28,31,34-42H2,1-21H3,(H,84,85)(H2,69,70,88)/t43-,45+,46+/m1/s1. The quantitative estimate of drug-likeness (QED) is 0.0379. The van der Waals surface area contributed by atoms with Gasteiger partial charge in [-0.25, -0.2) is 24.4 Å². The van der Waals surface area contributed by atoms with E-state index in [0.29, 0.717) is 18.1 Å². The number of rotatable bonds is 34. The van der Waals surface area contributed by atoms with E-state index in [1.807, 2.05) is 4.90 Å². The monoisotopic (exact) mass is 1350 g/mol. The Labute approximate surface area is 559 Å². The molecule has 2 rings (SSSR count). The summed E-state index contributed by atoms with van der Waals surface area (Å²) in [6.07, 6.45) is 4.86. The van der Waals surface area contributed by atoms with Gasteiger partial charge in [0.05, 0.1) is 19.0 Å². The summed E-state index contributed by atoms with van der Waals surface area (Å²) in [5, 5.41) is 15.4. The number of aliphatic carboxylic acids is 1. The summed E-state index contributed by atoms with van der Waals surface area (Å²) in [5.74, 6) is -9.15. The zero-order valence-corrected chi connectivity index (χ0v) is 59.9. The van der Waals surface area contributed by atoms with E-state index in [0.717, 1.165) is 9.80 Å². The van der Waals surface area contributed by atoms with Crippen molar-refractivity contribution in [1.29, 1.82) is 0 Å². The highest BCUT2D eigenvalue weighted by Crippen LogP contribution is 2.21. The van der Waals surface area contributed by atoms with Gasteiger partial charge in [-0.3, -0.25) is 48.1 Å². The predicted octanol–water partition coefficient (Wildman–Crippen LogP) is 6.56. The molecule has 0 saturated carbocycles. The van der Waals surface area contributed by atoms with Gasteiger partial charge in [-0.15, -0.1) is 0 Å². The summed E-state index contributed by atoms with van der Waals surface area (Å²) in [7, 11) is 0. The van der Waals surface area contributed by atoms with Gasteiger partial charge in [0.2, 0.25) is 11.8 Å². The number of amides is 4. The number of carboxylic acid groups (broad SMARTS) is 1. The maximum absolute atomic E-state index is 14.1. The van der Waals surface area contributed by atoms with Crippen molar-refractivity contribution in [3.63, 3.8) is 0 Å². The number of carbonyl (C=O) groups is 12. The van der Waals surface area contributed by atoms with Crippen molar-refractivity contribution < 1.29 is 95.8 Å². The first kappa shape index (κ1) is 83.1. The van der Waals surface area contributed by atoms with Crippen LogP contribution in [0.15, 0.2) is 24.8 Å². The minimum absolute atomic E-state index is 0.00207. The highest BCUT2D eigenvalue weighted by molar-refractivity contribution is 5.90. The second-order valence-electron chi connectivity index (χ2n) is 30.2. The molecule has 2 aromatic heterocycles. The van der Waals surface area contributed by atoms with Gasteiger partial charge in [0, 0.05) is 44.0 Å². The normalized spacial score (nSPS) is 13.3. The van der Waals surface area contributed by atoms with E-state index in [4.69, 9.17) is 33.2 Å². The lowest BCUT2D eigenvalue weighted by molar-refractivity contribution is -0.165. The molecule has 2 aromatic rings. The molecule has 0 bridgehead atoms. The number of hydrogen-bond acceptors (Lipinski definition) is 22. The van der Waals surface area contributed by atoms with Crippen LogP contribution in [0.25, 0.3) is 0 Å². The number of urea groups is 1. The average Bonchev–Trinajstić information content (AvgIpc) is 1.79. The molecule has 29 heteroatoms. The van der Waals surface area contributed by atoms with Crippen molar-refractivity contribution in [2.24, 2.45) is 5.92 Å². The van der Waals surface area contributed by atoms with Crippen LogP contribution in [0.5, 0.6) is 0 Å². The minimum Gasteiger partial charge on any atom is -0.481 e. The topological polar surface area (TPSA) is 359 Å². The van der Waals surface area contributed by atoms with Crippen molar-refractivity contribution in [3.8, 4) is 0 Å². The number of unbranched alkanes of at least 4 members (excludes halogenated alkanes) is 1. The van der Waals surface area contributed by atoms with E-state index in [9.17, 15) is 62.6 Å². The first-order valence-corrected chi connectivity index (χ1v) is 31.9. The number of ether oxygens (including phenoxy) is 7. The molecule has 95 heavy (non-hydrogen) atoms. The number of nitrogens with zero attached hydrogens (tertiary/aromatic N) is 7. The van der Waals surface area contributed by atoms with Gasteiger partial charge in [0.25, 0.3) is 0 Å². The van der Waals surface area contributed by atoms with Crippen LogP contribution in [-0.4, -0.2) is 194 Å². The number of aromatic nitrogens is 4. The zero-order valence-electron chi connectivity index (χ0n) is 59.9. The number of ketones is 1. The summed E-state index contributed by atoms with van der Waals surface area (Å²) in [4.78, 5) is 173. The summed E-state index contributed by atoms with van der Waals surface area (Å²) >= 11 is 0. The van der Waals surface area contributed by atoms with Crippen LogP contribution in [0.1, 0.15) is 208 Å². The second kappa shape index (κ2) is 35.7. The van der Waals surface area contributed by atoms with E-state index >= 15 is 0 Å². The lowest BCUT2D eigenvalue weighted by atomic mass is 9.94. The highest BCUT2D eigenvalue weighted by Gasteiger charge is 2.35. The third-order valence-electron chi connectivity index (χ3n) is 12.5. The Morgan fingerprint density at radius 1 is 0.453 bits per heavy atom. The number of carboxylic acids is 1. The third kappa shape index (κ3) is 37.1. The van der Waals surface area contributed by atoms with Gasteiger partial charge in [-0.2, -0.15) is 0 Å². The van der Waals surface area contributed by atoms with Crippen molar-refractivity contribution >= 4 is 71.4 Å². The molecule has 3 atom stereocenters. The molecular formula is C66H107N9O20. The maximum atomic E-state index is 14.1. The number of hydrogen-bond donors (Lipinski definition) is 3. The summed E-state index contributed by atoms with van der Waals surface area (Å²) in [5.41, 5.74) is -6.47. The van der Waals surface area contributed by atoms with E-state index in [1.165, 1.54) is 33.9 Å². The van der Waals surface area contributed by atoms with Crippen LogP contribution >= 0.6 is 0 Å². The molecule has 0 aliphatic rings. The Morgan fingerprint density at radius 2 is 0.779 bits per heavy atom. The first-order chi connectivity index (χ1) is 43.2. The van der Waals surface area contributed by atoms with Crippen LogP contribution in [0, 0.1) is 5.92 Å². The molecule has 4 amide bonds. The largest absolute Gasteiger partial charge is 0.481 e. The van der Waals surface area contributed by atoms with Crippen LogP contribution in [0.4, 0.5) is 4.79 Å². The molecule has 0 spiro atoms. The molecule has 0 aliphatic carbocycles. The molecule has 0 radical (unpaired) electrons. The number of imidazole rings is 2. The fourth-order valence-electron chi connectivity index (χ4n) is 8.94. The number of carbonyl (C=O) groups excluding carboxylic acids is 11. The smallest absolute Gasteiger partial charge is 0.329 e. The van der Waals surface area contributed by atoms with E-state index in [-0.39, 0.29) is 58.2 Å². The molecule has 2 heterocycles. The van der Waals surface area contributed by atoms with Gasteiger partial charge in [-0.1, -0.05) is 6.42 Å². The van der Waals surface area contributed by atoms with Gasteiger partial charge >= 0.3 is 53.8 Å². The van der Waals surface area contributed by atoms with Crippen LogP contribution in [0.2, 0.25) is 0 Å². The molecule has 536 valence electrons. The number of esters is 7. The van der Waals surface area contributed by atoms with Gasteiger partial charge < -0.3 is 67.8 Å². The Morgan fingerprint density at radius 3 is 1.11 bits per heavy atom. The Kier molecular flexibility index (Phi) is 31.2. The van der Waals surface area contributed by atoms with Crippen molar-refractivity contribution in [1.82, 2.24) is 44.4 Å². The molecule has 3 N–H and O–H groups in total. The Balaban J connectivity index is 2.50. The summed E-state index contributed by atoms with van der Waals surface area (Å²) in [6, 6.07) is -3.84. The summed E-state index contributed by atoms with van der Waals surface area (Å²) < 4.78 is 41.4. The molecular weight excluding hydrogens is 1240 g/mol. The average molecular weight is 1350 g/mol. The van der Waals surface area contributed by atoms with Gasteiger partial charge in [0.1, 0.15) is 108 Å². The Bertz CT molecular complexity index is 2780. The van der Waals surface area contributed by atoms with E-state index < -0.39 is 174 Å². The lowest BCUT2D eigenvalue weighted by Crippen LogP contribution is -2.53. The van der Waals surface area contributed by atoms with Gasteiger partial charge in [-0.05, 0) is 178 Å². The first-order valence-electron chi connectivity index (χ1n) is 31.9. The number of Topliss-reactive ketones (excluding diaryl/α,β-unsaturated/α-hetero) is 1. The molecule has 0 unspecified atom stereocenters. The number of nitrogens with one attached hydrogen (secondary N) is 2. The molecule has 0 aliphatic heterocycles. The zero-order chi connectivity index (χ0) is 72.8. The molecule has 0 aromatic carbocycles. The molecule has 29 nitrogen and oxygen atoms in total. The molecule has 0 fully saturated rings. The van der Waals surface area contributed by atoms with Crippen LogP contribution in [0.3, 0.4) is 0 Å². The third-order valence-corrected chi connectivity index (χ3v) is 12.5. The Hall–Kier alpha value is -7.98.